The van der Waals surface area contributed by atoms with Crippen molar-refractivity contribution in [2.24, 2.45) is 5.10 Å². The summed E-state index contributed by atoms with van der Waals surface area (Å²) < 4.78 is 10.8. The van der Waals surface area contributed by atoms with Crippen LogP contribution in [0.1, 0.15) is 44.2 Å². The molecule has 0 saturated heterocycles. The van der Waals surface area contributed by atoms with Gasteiger partial charge in [-0.25, -0.2) is 5.43 Å². The maximum absolute atomic E-state index is 11.8. The molecule has 2 aromatic carbocycles. The molecule has 0 bridgehead atoms. The average molecular weight is 370 g/mol. The predicted octanol–water partition coefficient (Wildman–Crippen LogP) is 3.83. The van der Waals surface area contributed by atoms with Crippen molar-refractivity contribution < 1.29 is 19.4 Å². The smallest absolute Gasteiger partial charge is 0.277 e. The van der Waals surface area contributed by atoms with E-state index in [-0.39, 0.29) is 12.4 Å². The molecule has 1 amide bonds. The summed E-state index contributed by atoms with van der Waals surface area (Å²) in [6.45, 7) is 6.44. The van der Waals surface area contributed by atoms with Gasteiger partial charge in [0.1, 0.15) is 5.75 Å². The minimum Gasteiger partial charge on any atom is -0.504 e. The molecule has 1 atom stereocenters. The van der Waals surface area contributed by atoms with Crippen LogP contribution in [0.3, 0.4) is 0 Å². The molecule has 0 aliphatic rings. The number of hydrogen-bond acceptors (Lipinski definition) is 5. The van der Waals surface area contributed by atoms with E-state index < -0.39 is 5.91 Å². The molecule has 144 valence electrons. The third-order valence-corrected chi connectivity index (χ3v) is 4.15. The third-order valence-electron chi connectivity index (χ3n) is 4.15. The lowest BCUT2D eigenvalue weighted by atomic mass is 9.99. The molecule has 0 aliphatic heterocycles. The number of nitrogens with zero attached hydrogens (tertiary/aromatic N) is 1. The largest absolute Gasteiger partial charge is 0.504 e. The second-order valence-corrected chi connectivity index (χ2v) is 6.09. The van der Waals surface area contributed by atoms with E-state index in [1.54, 1.807) is 18.2 Å². The molecular weight excluding hydrogens is 344 g/mol. The van der Waals surface area contributed by atoms with Crippen LogP contribution in [0.25, 0.3) is 0 Å². The molecular formula is C21H26N2O4. The Bertz CT molecular complexity index is 772. The van der Waals surface area contributed by atoms with E-state index in [4.69, 9.17) is 9.47 Å². The summed E-state index contributed by atoms with van der Waals surface area (Å²) in [5.74, 6) is 1.09. The van der Waals surface area contributed by atoms with Gasteiger partial charge in [-0.05, 0) is 49.1 Å². The topological polar surface area (TPSA) is 80.2 Å². The van der Waals surface area contributed by atoms with E-state index in [0.717, 1.165) is 6.42 Å². The molecule has 1 unspecified atom stereocenters. The number of para-hydroxylation sites is 1. The van der Waals surface area contributed by atoms with Crippen LogP contribution in [-0.4, -0.2) is 30.4 Å². The van der Waals surface area contributed by atoms with E-state index >= 15 is 0 Å². The van der Waals surface area contributed by atoms with Gasteiger partial charge in [0.2, 0.25) is 0 Å². The summed E-state index contributed by atoms with van der Waals surface area (Å²) >= 11 is 0. The lowest BCUT2D eigenvalue weighted by Crippen LogP contribution is -2.24. The van der Waals surface area contributed by atoms with Gasteiger partial charge in [0.05, 0.1) is 12.8 Å². The maximum atomic E-state index is 11.8. The number of ether oxygens (including phenoxy) is 2. The van der Waals surface area contributed by atoms with Crippen molar-refractivity contribution in [2.45, 2.75) is 33.1 Å². The Balaban J connectivity index is 1.84. The first-order valence-electron chi connectivity index (χ1n) is 9.04. The van der Waals surface area contributed by atoms with Crippen LogP contribution in [0.15, 0.2) is 47.6 Å². The molecule has 0 radical (unpaired) electrons. The highest BCUT2D eigenvalue weighted by atomic mass is 16.5. The summed E-state index contributed by atoms with van der Waals surface area (Å²) in [6, 6.07) is 12.8. The second-order valence-electron chi connectivity index (χ2n) is 6.09. The van der Waals surface area contributed by atoms with Crippen LogP contribution in [-0.2, 0) is 4.79 Å². The van der Waals surface area contributed by atoms with Crippen LogP contribution in [0.2, 0.25) is 0 Å². The number of carbonyl (C=O) groups excluding carboxylic acids is 1. The first-order valence-corrected chi connectivity index (χ1v) is 9.04. The monoisotopic (exact) mass is 370 g/mol. The molecule has 6 nitrogen and oxygen atoms in total. The number of amides is 1. The van der Waals surface area contributed by atoms with Crippen molar-refractivity contribution in [3.8, 4) is 17.2 Å². The van der Waals surface area contributed by atoms with Crippen LogP contribution in [0.5, 0.6) is 17.2 Å². The molecule has 0 aromatic heterocycles. The number of phenols is 1. The highest BCUT2D eigenvalue weighted by Crippen LogP contribution is 2.28. The minimum absolute atomic E-state index is 0.0185. The van der Waals surface area contributed by atoms with Gasteiger partial charge in [0.25, 0.3) is 5.91 Å². The lowest BCUT2D eigenvalue weighted by Gasteiger charge is -2.10. The Morgan fingerprint density at radius 3 is 2.59 bits per heavy atom. The number of hydrazone groups is 1. The van der Waals surface area contributed by atoms with Crippen LogP contribution < -0.4 is 14.9 Å². The maximum Gasteiger partial charge on any atom is 0.277 e. The molecule has 0 fully saturated rings. The summed E-state index contributed by atoms with van der Waals surface area (Å²) in [7, 11) is 0. The molecule has 0 spiro atoms. The molecule has 2 N–H and O–H groups in total. The zero-order chi connectivity index (χ0) is 19.6. The Morgan fingerprint density at radius 1 is 1.19 bits per heavy atom. The fraction of sp³-hybridized carbons (Fsp3) is 0.333. The van der Waals surface area contributed by atoms with Gasteiger partial charge < -0.3 is 14.6 Å². The molecule has 0 heterocycles. The Kier molecular flexibility index (Phi) is 7.67. The van der Waals surface area contributed by atoms with Crippen molar-refractivity contribution in [1.82, 2.24) is 5.43 Å². The standard InChI is InChI=1S/C21H26N2O4/c1-4-15(3)16-9-11-18(12-10-16)27-14-20(24)23-22-13-17-7-6-8-19(21(17)25)26-5-2/h6-13,15,25H,4-5,14H2,1-3H3,(H,23,24). The van der Waals surface area contributed by atoms with Crippen molar-refractivity contribution in [1.29, 1.82) is 0 Å². The van der Waals surface area contributed by atoms with E-state index in [9.17, 15) is 9.90 Å². The molecule has 2 rings (SSSR count). The van der Waals surface area contributed by atoms with Crippen LogP contribution in [0.4, 0.5) is 0 Å². The predicted molar refractivity (Wildman–Crippen MR) is 106 cm³/mol. The van der Waals surface area contributed by atoms with E-state index in [2.05, 4.69) is 24.4 Å². The molecule has 0 saturated carbocycles. The van der Waals surface area contributed by atoms with Crippen molar-refractivity contribution in [2.75, 3.05) is 13.2 Å². The molecule has 27 heavy (non-hydrogen) atoms. The average Bonchev–Trinajstić information content (AvgIpc) is 2.69. The number of benzene rings is 2. The summed E-state index contributed by atoms with van der Waals surface area (Å²) in [5.41, 5.74) is 4.06. The van der Waals surface area contributed by atoms with Crippen molar-refractivity contribution in [3.63, 3.8) is 0 Å². The zero-order valence-electron chi connectivity index (χ0n) is 15.9. The first kappa shape index (κ1) is 20.3. The third kappa shape index (κ3) is 6.02. The summed E-state index contributed by atoms with van der Waals surface area (Å²) in [4.78, 5) is 11.8. The lowest BCUT2D eigenvalue weighted by molar-refractivity contribution is -0.123. The Morgan fingerprint density at radius 2 is 1.93 bits per heavy atom. The minimum atomic E-state index is -0.391. The van der Waals surface area contributed by atoms with Crippen molar-refractivity contribution >= 4 is 12.1 Å². The van der Waals surface area contributed by atoms with E-state index in [1.807, 2.05) is 31.2 Å². The number of nitrogens with one attached hydrogen (secondary N) is 1. The van der Waals surface area contributed by atoms with Gasteiger partial charge in [0, 0.05) is 5.56 Å². The highest BCUT2D eigenvalue weighted by molar-refractivity contribution is 5.86. The fourth-order valence-electron chi connectivity index (χ4n) is 2.40. The fourth-order valence-corrected chi connectivity index (χ4v) is 2.40. The van der Waals surface area contributed by atoms with E-state index in [0.29, 0.717) is 29.6 Å². The number of phenolic OH excluding ortho intramolecular Hbond substituents is 1. The van der Waals surface area contributed by atoms with Crippen molar-refractivity contribution in [3.05, 3.63) is 53.6 Å². The van der Waals surface area contributed by atoms with Gasteiger partial charge in [-0.3, -0.25) is 4.79 Å². The zero-order valence-corrected chi connectivity index (χ0v) is 15.9. The molecule has 2 aromatic rings. The number of aromatic hydroxyl groups is 1. The number of hydrogen-bond donors (Lipinski definition) is 2. The number of rotatable bonds is 9. The van der Waals surface area contributed by atoms with Crippen LogP contribution >= 0.6 is 0 Å². The second kappa shape index (κ2) is 10.2. The highest BCUT2D eigenvalue weighted by Gasteiger charge is 2.07. The SMILES string of the molecule is CCOc1cccc(C=NNC(=O)COc2ccc(C(C)CC)cc2)c1O. The summed E-state index contributed by atoms with van der Waals surface area (Å²) in [5, 5.41) is 13.9. The van der Waals surface area contributed by atoms with E-state index in [1.165, 1.54) is 11.8 Å². The van der Waals surface area contributed by atoms with Gasteiger partial charge in [-0.2, -0.15) is 5.10 Å². The first-order chi connectivity index (χ1) is 13.0. The van der Waals surface area contributed by atoms with Gasteiger partial charge >= 0.3 is 0 Å². The van der Waals surface area contributed by atoms with Crippen LogP contribution in [0, 0.1) is 0 Å². The summed E-state index contributed by atoms with van der Waals surface area (Å²) in [6.07, 6.45) is 2.43. The quantitative estimate of drug-likeness (QED) is 0.519. The number of carbonyl (C=O) groups is 1. The van der Waals surface area contributed by atoms with Gasteiger partial charge in [-0.15, -0.1) is 0 Å². The van der Waals surface area contributed by atoms with Gasteiger partial charge in [-0.1, -0.05) is 32.0 Å². The Hall–Kier alpha value is -3.02. The Labute approximate surface area is 159 Å². The normalized spacial score (nSPS) is 12.0. The van der Waals surface area contributed by atoms with Gasteiger partial charge in [0.15, 0.2) is 18.1 Å². The molecule has 6 heteroatoms. The molecule has 0 aliphatic carbocycles.